The molecule has 0 atom stereocenters. The first-order chi connectivity index (χ1) is 11.8. The zero-order chi connectivity index (χ0) is 16.6. The smallest absolute Gasteiger partial charge is 0.223 e. The van der Waals surface area contributed by atoms with Crippen molar-refractivity contribution >= 4 is 27.5 Å². The fourth-order valence-corrected chi connectivity index (χ4v) is 3.37. The van der Waals surface area contributed by atoms with Crippen molar-refractivity contribution in [3.8, 4) is 5.75 Å². The van der Waals surface area contributed by atoms with Crippen molar-refractivity contribution in [2.45, 2.75) is 19.3 Å². The molecule has 0 radical (unpaired) electrons. The van der Waals surface area contributed by atoms with Gasteiger partial charge in [0, 0.05) is 13.0 Å². The number of aromatic nitrogens is 1. The third-order valence-electron chi connectivity index (χ3n) is 3.57. The van der Waals surface area contributed by atoms with E-state index in [0.29, 0.717) is 19.6 Å². The predicted molar refractivity (Wildman–Crippen MR) is 97.5 cm³/mol. The summed E-state index contributed by atoms with van der Waals surface area (Å²) in [6, 6.07) is 17.7. The van der Waals surface area contributed by atoms with Crippen LogP contribution in [0, 0.1) is 0 Å². The summed E-state index contributed by atoms with van der Waals surface area (Å²) in [7, 11) is 0. The maximum atomic E-state index is 11.8. The van der Waals surface area contributed by atoms with Gasteiger partial charge in [-0.2, -0.15) is 0 Å². The molecule has 1 aromatic heterocycles. The van der Waals surface area contributed by atoms with Crippen molar-refractivity contribution in [3.63, 3.8) is 0 Å². The molecule has 1 amide bonds. The first-order valence-electron chi connectivity index (χ1n) is 8.10. The number of nitrogens with one attached hydrogen (secondary N) is 1. The van der Waals surface area contributed by atoms with Gasteiger partial charge in [0.05, 0.1) is 28.3 Å². The number of thiazole rings is 1. The molecule has 0 unspecified atom stereocenters. The Balaban J connectivity index is 1.32. The molecular weight excluding hydrogens is 320 g/mol. The van der Waals surface area contributed by atoms with Crippen molar-refractivity contribution in [2.75, 3.05) is 13.2 Å². The number of carbonyl (C=O) groups is 1. The summed E-state index contributed by atoms with van der Waals surface area (Å²) < 4.78 is 6.73. The molecule has 5 heteroatoms. The molecule has 0 aliphatic rings. The van der Waals surface area contributed by atoms with E-state index in [2.05, 4.69) is 16.4 Å². The third-order valence-corrected chi connectivity index (χ3v) is 4.66. The summed E-state index contributed by atoms with van der Waals surface area (Å²) in [6.07, 6.45) is 2.15. The van der Waals surface area contributed by atoms with Crippen molar-refractivity contribution in [2.24, 2.45) is 0 Å². The van der Waals surface area contributed by atoms with Crippen LogP contribution in [0.25, 0.3) is 10.2 Å². The molecule has 0 saturated heterocycles. The maximum absolute atomic E-state index is 11.8. The van der Waals surface area contributed by atoms with Crippen molar-refractivity contribution in [1.29, 1.82) is 0 Å². The Bertz CT molecular complexity index is 753. The number of fused-ring (bicyclic) bond motifs is 1. The minimum absolute atomic E-state index is 0.0234. The van der Waals surface area contributed by atoms with Gasteiger partial charge in [-0.1, -0.05) is 30.3 Å². The first kappa shape index (κ1) is 16.5. The highest BCUT2D eigenvalue weighted by molar-refractivity contribution is 7.18. The molecule has 0 bridgehead atoms. The molecule has 0 spiro atoms. The van der Waals surface area contributed by atoms with Crippen LogP contribution in [0.2, 0.25) is 0 Å². The summed E-state index contributed by atoms with van der Waals surface area (Å²) in [5.41, 5.74) is 1.06. The number of amides is 1. The number of rotatable bonds is 8. The van der Waals surface area contributed by atoms with Gasteiger partial charge in [0.15, 0.2) is 0 Å². The minimum atomic E-state index is 0.0234. The zero-order valence-corrected chi connectivity index (χ0v) is 14.2. The minimum Gasteiger partial charge on any atom is -0.493 e. The quantitative estimate of drug-likeness (QED) is 0.634. The van der Waals surface area contributed by atoms with Crippen LogP contribution < -0.4 is 10.1 Å². The molecule has 1 heterocycles. The Morgan fingerprint density at radius 1 is 1.08 bits per heavy atom. The number of benzene rings is 2. The summed E-state index contributed by atoms with van der Waals surface area (Å²) in [5.74, 6) is 0.816. The lowest BCUT2D eigenvalue weighted by Gasteiger charge is -2.06. The normalized spacial score (nSPS) is 10.7. The predicted octanol–water partition coefficient (Wildman–Crippen LogP) is 3.81. The van der Waals surface area contributed by atoms with Crippen LogP contribution in [-0.4, -0.2) is 24.0 Å². The highest BCUT2D eigenvalue weighted by atomic mass is 32.1. The summed E-state index contributed by atoms with van der Waals surface area (Å²) >= 11 is 1.72. The van der Waals surface area contributed by atoms with Gasteiger partial charge in [0.2, 0.25) is 5.91 Å². The Kier molecular flexibility index (Phi) is 5.80. The van der Waals surface area contributed by atoms with Gasteiger partial charge >= 0.3 is 0 Å². The second kappa shape index (κ2) is 8.45. The number of carbonyl (C=O) groups excluding carboxylic acids is 1. The van der Waals surface area contributed by atoms with Crippen LogP contribution in [0.4, 0.5) is 0 Å². The van der Waals surface area contributed by atoms with E-state index >= 15 is 0 Å². The summed E-state index contributed by atoms with van der Waals surface area (Å²) in [4.78, 5) is 16.4. The highest BCUT2D eigenvalue weighted by Gasteiger charge is 2.04. The molecule has 4 nitrogen and oxygen atoms in total. The molecule has 0 saturated carbocycles. The lowest BCUT2D eigenvalue weighted by atomic mass is 10.3. The van der Waals surface area contributed by atoms with Crippen LogP contribution in [-0.2, 0) is 11.2 Å². The van der Waals surface area contributed by atoms with Gasteiger partial charge in [-0.15, -0.1) is 11.3 Å². The zero-order valence-electron chi connectivity index (χ0n) is 13.4. The largest absolute Gasteiger partial charge is 0.493 e. The van der Waals surface area contributed by atoms with E-state index in [9.17, 15) is 4.79 Å². The van der Waals surface area contributed by atoms with Crippen LogP contribution in [0.3, 0.4) is 0 Å². The molecule has 0 fully saturated rings. The fourth-order valence-electron chi connectivity index (χ4n) is 2.36. The monoisotopic (exact) mass is 340 g/mol. The van der Waals surface area contributed by atoms with Gasteiger partial charge in [0.25, 0.3) is 0 Å². The lowest BCUT2D eigenvalue weighted by Crippen LogP contribution is -2.26. The molecule has 3 rings (SSSR count). The van der Waals surface area contributed by atoms with Gasteiger partial charge in [-0.3, -0.25) is 4.79 Å². The topological polar surface area (TPSA) is 51.2 Å². The van der Waals surface area contributed by atoms with Gasteiger partial charge in [-0.25, -0.2) is 4.98 Å². The average Bonchev–Trinajstić information content (AvgIpc) is 3.02. The van der Waals surface area contributed by atoms with E-state index in [0.717, 1.165) is 29.1 Å². The van der Waals surface area contributed by atoms with Crippen LogP contribution in [0.15, 0.2) is 54.6 Å². The summed E-state index contributed by atoms with van der Waals surface area (Å²) in [6.45, 7) is 1.06. The van der Waals surface area contributed by atoms with E-state index in [-0.39, 0.29) is 5.91 Å². The number of hydrogen-bond donors (Lipinski definition) is 1. The molecular formula is C19H20N2O2S. The molecule has 1 N–H and O–H groups in total. The number of para-hydroxylation sites is 2. The number of nitrogens with zero attached hydrogens (tertiary/aromatic N) is 1. The van der Waals surface area contributed by atoms with Crippen LogP contribution in [0.1, 0.15) is 17.8 Å². The highest BCUT2D eigenvalue weighted by Crippen LogP contribution is 2.22. The van der Waals surface area contributed by atoms with E-state index in [1.165, 1.54) is 4.70 Å². The molecule has 3 aromatic rings. The van der Waals surface area contributed by atoms with E-state index in [1.54, 1.807) is 11.3 Å². The van der Waals surface area contributed by atoms with Gasteiger partial charge < -0.3 is 10.1 Å². The third kappa shape index (κ3) is 4.80. The average molecular weight is 340 g/mol. The van der Waals surface area contributed by atoms with Crippen molar-refractivity contribution < 1.29 is 9.53 Å². The molecule has 0 aliphatic carbocycles. The Hall–Kier alpha value is -2.40. The van der Waals surface area contributed by atoms with Gasteiger partial charge in [-0.05, 0) is 30.7 Å². The Labute approximate surface area is 145 Å². The SMILES string of the molecule is O=C(CCOc1ccccc1)NCCCc1nc2ccccc2s1. The Morgan fingerprint density at radius 2 is 1.88 bits per heavy atom. The Morgan fingerprint density at radius 3 is 2.71 bits per heavy atom. The van der Waals surface area contributed by atoms with Gasteiger partial charge in [0.1, 0.15) is 5.75 Å². The molecule has 0 aliphatic heterocycles. The second-order valence-electron chi connectivity index (χ2n) is 5.44. The van der Waals surface area contributed by atoms with E-state index in [1.807, 2.05) is 48.5 Å². The second-order valence-corrected chi connectivity index (χ2v) is 6.56. The number of hydrogen-bond acceptors (Lipinski definition) is 4. The fraction of sp³-hybridized carbons (Fsp3) is 0.263. The molecule has 124 valence electrons. The van der Waals surface area contributed by atoms with Crippen molar-refractivity contribution in [3.05, 3.63) is 59.6 Å². The van der Waals surface area contributed by atoms with E-state index < -0.39 is 0 Å². The molecule has 24 heavy (non-hydrogen) atoms. The molecule has 2 aromatic carbocycles. The summed E-state index contributed by atoms with van der Waals surface area (Å²) in [5, 5.41) is 4.05. The van der Waals surface area contributed by atoms with E-state index in [4.69, 9.17) is 4.74 Å². The standard InChI is InChI=1S/C19H20N2O2S/c22-18(12-14-23-15-7-2-1-3-8-15)20-13-6-11-19-21-16-9-4-5-10-17(16)24-19/h1-5,7-10H,6,11-14H2,(H,20,22). The first-order valence-corrected chi connectivity index (χ1v) is 8.92. The number of ether oxygens (including phenoxy) is 1. The number of aryl methyl sites for hydroxylation is 1. The lowest BCUT2D eigenvalue weighted by molar-refractivity contribution is -0.121. The van der Waals surface area contributed by atoms with Crippen LogP contribution in [0.5, 0.6) is 5.75 Å². The van der Waals surface area contributed by atoms with Crippen LogP contribution >= 0.6 is 11.3 Å². The maximum Gasteiger partial charge on any atom is 0.223 e. The van der Waals surface area contributed by atoms with Crippen molar-refractivity contribution in [1.82, 2.24) is 10.3 Å².